The van der Waals surface area contributed by atoms with Crippen molar-refractivity contribution in [1.29, 1.82) is 0 Å². The lowest BCUT2D eigenvalue weighted by molar-refractivity contribution is -0.119. The molecule has 1 aromatic carbocycles. The predicted octanol–water partition coefficient (Wildman–Crippen LogP) is 3.75. The molecular weight excluding hydrogens is 311 g/mol. The van der Waals surface area contributed by atoms with Crippen LogP contribution in [0.4, 0.5) is 0 Å². The molecule has 0 saturated heterocycles. The van der Waals surface area contributed by atoms with Crippen LogP contribution in [-0.4, -0.2) is 19.0 Å². The van der Waals surface area contributed by atoms with Gasteiger partial charge in [0.25, 0.3) is 0 Å². The van der Waals surface area contributed by atoms with Crippen LogP contribution in [0.15, 0.2) is 18.2 Å². The van der Waals surface area contributed by atoms with Gasteiger partial charge in [-0.05, 0) is 44.4 Å². The monoisotopic (exact) mass is 330 g/mol. The fraction of sp³-hybridized carbons (Fsp3) is 0.533. The second-order valence-corrected chi connectivity index (χ2v) is 7.45. The van der Waals surface area contributed by atoms with Gasteiger partial charge in [-0.3, -0.25) is 9.36 Å². The van der Waals surface area contributed by atoms with E-state index in [9.17, 15) is 9.36 Å². The summed E-state index contributed by atoms with van der Waals surface area (Å²) in [7, 11) is -3.44. The number of benzene rings is 1. The van der Waals surface area contributed by atoms with Crippen LogP contribution >= 0.6 is 19.2 Å². The van der Waals surface area contributed by atoms with Crippen molar-refractivity contribution in [3.8, 4) is 0 Å². The molecule has 0 heterocycles. The Morgan fingerprint density at radius 2 is 1.90 bits per heavy atom. The molecular formula is C15H20ClO4P. The number of halogens is 1. The normalized spacial score (nSPS) is 15.2. The molecule has 0 aromatic heterocycles. The van der Waals surface area contributed by atoms with Crippen LogP contribution in [0.3, 0.4) is 0 Å². The lowest BCUT2D eigenvalue weighted by atomic mass is 10.1. The summed E-state index contributed by atoms with van der Waals surface area (Å²) in [6.07, 6.45) is 2.16. The van der Waals surface area contributed by atoms with Gasteiger partial charge in [-0.2, -0.15) is 0 Å². The van der Waals surface area contributed by atoms with Crippen LogP contribution in [-0.2, 0) is 24.8 Å². The van der Waals surface area contributed by atoms with Crippen molar-refractivity contribution in [3.63, 3.8) is 0 Å². The zero-order valence-electron chi connectivity index (χ0n) is 12.3. The summed E-state index contributed by atoms with van der Waals surface area (Å²) in [5.41, 5.74) is 0.682. The molecule has 6 heteroatoms. The van der Waals surface area contributed by atoms with Crippen molar-refractivity contribution in [1.82, 2.24) is 0 Å². The lowest BCUT2D eigenvalue weighted by Crippen LogP contribution is -2.19. The maximum absolute atomic E-state index is 12.9. The fourth-order valence-electron chi connectivity index (χ4n) is 2.20. The van der Waals surface area contributed by atoms with Gasteiger partial charge in [-0.25, -0.2) is 0 Å². The minimum Gasteiger partial charge on any atom is -0.305 e. The summed E-state index contributed by atoms with van der Waals surface area (Å²) in [6, 6.07) is 5.02. The zero-order chi connectivity index (χ0) is 15.5. The first-order chi connectivity index (χ1) is 10.00. The van der Waals surface area contributed by atoms with Crippen molar-refractivity contribution in [3.05, 3.63) is 28.8 Å². The number of hydrogen-bond donors (Lipinski definition) is 0. The minimum atomic E-state index is -3.44. The van der Waals surface area contributed by atoms with E-state index in [1.165, 1.54) is 0 Å². The summed E-state index contributed by atoms with van der Waals surface area (Å²) < 4.78 is 23.7. The van der Waals surface area contributed by atoms with E-state index in [4.69, 9.17) is 20.6 Å². The van der Waals surface area contributed by atoms with Crippen molar-refractivity contribution < 1.29 is 18.4 Å². The Balaban J connectivity index is 2.36. The number of carbonyl (C=O) groups is 1. The van der Waals surface area contributed by atoms with E-state index in [1.807, 2.05) is 0 Å². The smallest absolute Gasteiger partial charge is 0.305 e. The molecule has 0 atom stereocenters. The molecule has 1 aliphatic rings. The Kier molecular flexibility index (Phi) is 5.61. The summed E-state index contributed by atoms with van der Waals surface area (Å²) in [6.45, 7) is 4.04. The number of rotatable bonds is 8. The molecule has 0 spiro atoms. The molecule has 0 N–H and O–H groups in total. The SMILES string of the molecule is CCOP(=O)(OCC)c1cc(Cl)ccc1CC(=O)C1CC1. The molecule has 1 aliphatic carbocycles. The maximum Gasteiger partial charge on any atom is 0.361 e. The van der Waals surface area contributed by atoms with Gasteiger partial charge < -0.3 is 9.05 Å². The highest BCUT2D eigenvalue weighted by Crippen LogP contribution is 2.48. The van der Waals surface area contributed by atoms with Crippen LogP contribution in [0.1, 0.15) is 32.3 Å². The first kappa shape index (κ1) is 16.7. The van der Waals surface area contributed by atoms with Gasteiger partial charge in [-0.1, -0.05) is 17.7 Å². The molecule has 0 bridgehead atoms. The lowest BCUT2D eigenvalue weighted by Gasteiger charge is -2.20. The standard InChI is InChI=1S/C15H20ClO4P/c1-3-19-21(18,20-4-2)15-10-13(16)8-7-12(15)9-14(17)11-5-6-11/h7-8,10-11H,3-6,9H2,1-2H3. The number of ketones is 1. The summed E-state index contributed by atoms with van der Waals surface area (Å²) >= 11 is 6.02. The van der Waals surface area contributed by atoms with E-state index < -0.39 is 7.60 Å². The molecule has 1 aromatic rings. The quantitative estimate of drug-likeness (QED) is 0.681. The molecule has 0 unspecified atom stereocenters. The molecule has 0 aliphatic heterocycles. The zero-order valence-corrected chi connectivity index (χ0v) is 14.0. The van der Waals surface area contributed by atoms with Crippen LogP contribution in [0.5, 0.6) is 0 Å². The van der Waals surface area contributed by atoms with Crippen molar-refractivity contribution >= 4 is 30.3 Å². The first-order valence-electron chi connectivity index (χ1n) is 7.21. The highest BCUT2D eigenvalue weighted by atomic mass is 35.5. The molecule has 1 fully saturated rings. The van der Waals surface area contributed by atoms with Gasteiger partial charge in [0.15, 0.2) is 0 Å². The first-order valence-corrected chi connectivity index (χ1v) is 9.13. The van der Waals surface area contributed by atoms with E-state index in [-0.39, 0.29) is 31.3 Å². The molecule has 2 rings (SSSR count). The molecule has 0 radical (unpaired) electrons. The summed E-state index contributed by atoms with van der Waals surface area (Å²) in [4.78, 5) is 12.1. The Morgan fingerprint density at radius 3 is 2.43 bits per heavy atom. The topological polar surface area (TPSA) is 52.6 Å². The Hall–Kier alpha value is -0.670. The second kappa shape index (κ2) is 7.06. The maximum atomic E-state index is 12.9. The third-order valence-electron chi connectivity index (χ3n) is 3.34. The summed E-state index contributed by atoms with van der Waals surface area (Å²) in [5.74, 6) is 0.338. The largest absolute Gasteiger partial charge is 0.361 e. The number of Topliss-reactive ketones (excluding diaryl/α,β-unsaturated/α-hetero) is 1. The van der Waals surface area contributed by atoms with Gasteiger partial charge >= 0.3 is 7.60 Å². The van der Waals surface area contributed by atoms with Crippen molar-refractivity contribution in [2.24, 2.45) is 5.92 Å². The Morgan fingerprint density at radius 1 is 1.29 bits per heavy atom. The van der Waals surface area contributed by atoms with E-state index >= 15 is 0 Å². The Bertz CT molecular complexity index is 559. The van der Waals surface area contributed by atoms with Gasteiger partial charge in [0.05, 0.1) is 18.5 Å². The third kappa shape index (κ3) is 4.17. The van der Waals surface area contributed by atoms with Crippen LogP contribution < -0.4 is 5.30 Å². The average Bonchev–Trinajstić information content (AvgIpc) is 3.25. The summed E-state index contributed by atoms with van der Waals surface area (Å²) in [5, 5.41) is 0.861. The molecule has 4 nitrogen and oxygen atoms in total. The fourth-order valence-corrected chi connectivity index (χ4v) is 4.28. The molecule has 0 amide bonds. The van der Waals surface area contributed by atoms with Crippen molar-refractivity contribution in [2.45, 2.75) is 33.1 Å². The third-order valence-corrected chi connectivity index (χ3v) is 5.78. The highest BCUT2D eigenvalue weighted by Gasteiger charge is 2.33. The Labute approximate surface area is 130 Å². The number of hydrogen-bond acceptors (Lipinski definition) is 4. The van der Waals surface area contributed by atoms with Crippen LogP contribution in [0, 0.1) is 5.92 Å². The minimum absolute atomic E-state index is 0.159. The van der Waals surface area contributed by atoms with Gasteiger partial charge in [-0.15, -0.1) is 0 Å². The van der Waals surface area contributed by atoms with Crippen LogP contribution in [0.2, 0.25) is 5.02 Å². The highest BCUT2D eigenvalue weighted by molar-refractivity contribution is 7.62. The van der Waals surface area contributed by atoms with E-state index in [2.05, 4.69) is 0 Å². The van der Waals surface area contributed by atoms with E-state index in [1.54, 1.807) is 32.0 Å². The van der Waals surface area contributed by atoms with Gasteiger partial charge in [0.1, 0.15) is 5.78 Å². The second-order valence-electron chi connectivity index (χ2n) is 5.02. The predicted molar refractivity (Wildman–Crippen MR) is 83.4 cm³/mol. The number of carbonyl (C=O) groups excluding carboxylic acids is 1. The molecule has 1 saturated carbocycles. The van der Waals surface area contributed by atoms with Gasteiger partial charge in [0, 0.05) is 17.4 Å². The van der Waals surface area contributed by atoms with Crippen LogP contribution in [0.25, 0.3) is 0 Å². The molecule has 116 valence electrons. The average molecular weight is 331 g/mol. The van der Waals surface area contributed by atoms with Gasteiger partial charge in [0.2, 0.25) is 0 Å². The van der Waals surface area contributed by atoms with Crippen molar-refractivity contribution in [2.75, 3.05) is 13.2 Å². The van der Waals surface area contributed by atoms with E-state index in [0.717, 1.165) is 12.8 Å². The molecule has 21 heavy (non-hydrogen) atoms. The van der Waals surface area contributed by atoms with E-state index in [0.29, 0.717) is 15.9 Å².